The highest BCUT2D eigenvalue weighted by Gasteiger charge is 2.10. The van der Waals surface area contributed by atoms with Crippen LogP contribution in [0.3, 0.4) is 0 Å². The monoisotopic (exact) mass is 449 g/mol. The smallest absolute Gasteiger partial charge is 0.276 e. The third-order valence-corrected chi connectivity index (χ3v) is 5.43. The van der Waals surface area contributed by atoms with Gasteiger partial charge in [-0.2, -0.15) is 0 Å². The minimum atomic E-state index is -0.415. The van der Waals surface area contributed by atoms with E-state index in [1.165, 1.54) is 5.56 Å². The molecule has 0 aliphatic carbocycles. The molecule has 7 heteroatoms. The molecule has 3 aromatic rings. The molecule has 0 spiro atoms. The highest BCUT2D eigenvalue weighted by atomic mass is 32.1. The molecule has 3 aromatic carbocycles. The number of fused-ring (bicyclic) bond motifs is 1. The number of hydrogen-bond donors (Lipinski definition) is 3. The maximum Gasteiger partial charge on any atom is 0.276 e. The molecular weight excluding hydrogens is 422 g/mol. The highest BCUT2D eigenvalue weighted by molar-refractivity contribution is 7.80. The molecule has 0 saturated carbocycles. The number of ether oxygens (including phenoxy) is 1. The maximum atomic E-state index is 12.3. The van der Waals surface area contributed by atoms with Crippen LogP contribution in [0.25, 0.3) is 10.8 Å². The second kappa shape index (κ2) is 11.2. The lowest BCUT2D eigenvalue weighted by molar-refractivity contribution is -0.124. The Hall–Kier alpha value is -3.45. The van der Waals surface area contributed by atoms with Gasteiger partial charge in [0.05, 0.1) is 6.42 Å². The van der Waals surface area contributed by atoms with Crippen molar-refractivity contribution in [2.75, 3.05) is 6.61 Å². The van der Waals surface area contributed by atoms with E-state index in [2.05, 4.69) is 30.0 Å². The summed E-state index contributed by atoms with van der Waals surface area (Å²) in [5.41, 5.74) is 7.08. The Morgan fingerprint density at radius 2 is 1.66 bits per heavy atom. The molecule has 6 nitrogen and oxygen atoms in total. The standard InChI is InChI=1S/C25H27N3O3S/c1-3-17(2)18-11-13-21(14-12-18)31-16-24(30)27-28-25(32)26-23(29)15-20-9-6-8-19-7-4-5-10-22(19)20/h4-14,17H,3,15-16H2,1-2H3,(H,27,30)(H2,26,28,29,32). The van der Waals surface area contributed by atoms with Crippen LogP contribution < -0.4 is 20.9 Å². The molecule has 0 radical (unpaired) electrons. The van der Waals surface area contributed by atoms with Crippen molar-refractivity contribution in [3.63, 3.8) is 0 Å². The number of nitrogens with one attached hydrogen (secondary N) is 3. The zero-order valence-electron chi connectivity index (χ0n) is 18.2. The maximum absolute atomic E-state index is 12.3. The fourth-order valence-electron chi connectivity index (χ4n) is 3.26. The minimum absolute atomic E-state index is 0.0153. The number of carbonyl (C=O) groups excluding carboxylic acids is 2. The number of benzene rings is 3. The molecule has 2 amide bonds. The topological polar surface area (TPSA) is 79.5 Å². The van der Waals surface area contributed by atoms with Crippen LogP contribution in [0.1, 0.15) is 37.3 Å². The van der Waals surface area contributed by atoms with Crippen molar-refractivity contribution >= 4 is 39.9 Å². The molecule has 0 bridgehead atoms. The average Bonchev–Trinajstić information content (AvgIpc) is 2.81. The van der Waals surface area contributed by atoms with Crippen LogP contribution in [0.2, 0.25) is 0 Å². The number of hydrogen-bond acceptors (Lipinski definition) is 4. The molecular formula is C25H27N3O3S. The summed E-state index contributed by atoms with van der Waals surface area (Å²) < 4.78 is 5.49. The molecule has 3 N–H and O–H groups in total. The first-order valence-corrected chi connectivity index (χ1v) is 10.9. The Bertz CT molecular complexity index is 1090. The van der Waals surface area contributed by atoms with Crippen molar-refractivity contribution in [2.45, 2.75) is 32.6 Å². The zero-order valence-corrected chi connectivity index (χ0v) is 19.0. The molecule has 0 aliphatic heterocycles. The Labute approximate surface area is 193 Å². The van der Waals surface area contributed by atoms with Gasteiger partial charge in [-0.15, -0.1) is 0 Å². The van der Waals surface area contributed by atoms with Crippen LogP contribution in [-0.2, 0) is 16.0 Å². The van der Waals surface area contributed by atoms with Gasteiger partial charge in [0, 0.05) is 0 Å². The summed E-state index contributed by atoms with van der Waals surface area (Å²) in [7, 11) is 0. The summed E-state index contributed by atoms with van der Waals surface area (Å²) in [6.45, 7) is 4.13. The third kappa shape index (κ3) is 6.52. The van der Waals surface area contributed by atoms with E-state index in [1.54, 1.807) is 0 Å². The fourth-order valence-corrected chi connectivity index (χ4v) is 3.43. The zero-order chi connectivity index (χ0) is 22.9. The van der Waals surface area contributed by atoms with Crippen molar-refractivity contribution in [3.8, 4) is 5.75 Å². The Balaban J connectivity index is 1.41. The van der Waals surface area contributed by atoms with E-state index in [-0.39, 0.29) is 24.0 Å². The molecule has 32 heavy (non-hydrogen) atoms. The fraction of sp³-hybridized carbons (Fsp3) is 0.240. The highest BCUT2D eigenvalue weighted by Crippen LogP contribution is 2.21. The van der Waals surface area contributed by atoms with Gasteiger partial charge < -0.3 is 10.1 Å². The largest absolute Gasteiger partial charge is 0.484 e. The van der Waals surface area contributed by atoms with E-state index < -0.39 is 5.91 Å². The summed E-state index contributed by atoms with van der Waals surface area (Å²) >= 11 is 5.09. The summed E-state index contributed by atoms with van der Waals surface area (Å²) in [6, 6.07) is 21.4. The normalized spacial score (nSPS) is 11.4. The predicted octanol–water partition coefficient (Wildman–Crippen LogP) is 4.00. The lowest BCUT2D eigenvalue weighted by Gasteiger charge is -2.13. The van der Waals surface area contributed by atoms with Crippen LogP contribution in [-0.4, -0.2) is 23.5 Å². The van der Waals surface area contributed by atoms with E-state index >= 15 is 0 Å². The van der Waals surface area contributed by atoms with Gasteiger partial charge >= 0.3 is 0 Å². The molecule has 0 heterocycles. The van der Waals surface area contributed by atoms with Gasteiger partial charge in [-0.05, 0) is 58.6 Å². The molecule has 0 saturated heterocycles. The van der Waals surface area contributed by atoms with Gasteiger partial charge in [-0.1, -0.05) is 68.4 Å². The predicted molar refractivity (Wildman–Crippen MR) is 130 cm³/mol. The molecule has 0 fully saturated rings. The first-order chi connectivity index (χ1) is 15.5. The van der Waals surface area contributed by atoms with E-state index in [9.17, 15) is 9.59 Å². The van der Waals surface area contributed by atoms with E-state index in [4.69, 9.17) is 17.0 Å². The second-order valence-corrected chi connectivity index (χ2v) is 7.94. The minimum Gasteiger partial charge on any atom is -0.484 e. The van der Waals surface area contributed by atoms with Crippen LogP contribution in [0.5, 0.6) is 5.75 Å². The van der Waals surface area contributed by atoms with Crippen molar-refractivity contribution in [1.82, 2.24) is 16.2 Å². The third-order valence-electron chi connectivity index (χ3n) is 5.23. The number of thiocarbonyl (C=S) groups is 1. The van der Waals surface area contributed by atoms with Gasteiger partial charge in [0.2, 0.25) is 5.91 Å². The summed E-state index contributed by atoms with van der Waals surface area (Å²) in [6.07, 6.45) is 1.24. The number of carbonyl (C=O) groups is 2. The molecule has 3 rings (SSSR count). The van der Waals surface area contributed by atoms with E-state index in [0.717, 1.165) is 22.8 Å². The lowest BCUT2D eigenvalue weighted by atomic mass is 9.99. The van der Waals surface area contributed by atoms with Crippen molar-refractivity contribution < 1.29 is 14.3 Å². The molecule has 1 atom stereocenters. The first kappa shape index (κ1) is 23.2. The van der Waals surface area contributed by atoms with Crippen molar-refractivity contribution in [1.29, 1.82) is 0 Å². The SMILES string of the molecule is CCC(C)c1ccc(OCC(=O)NNC(=S)NC(=O)Cc2cccc3ccccc23)cc1. The summed E-state index contributed by atoms with van der Waals surface area (Å²) in [5.74, 6) is 0.402. The first-order valence-electron chi connectivity index (χ1n) is 10.5. The van der Waals surface area contributed by atoms with E-state index in [1.807, 2.05) is 66.7 Å². The Morgan fingerprint density at radius 1 is 0.938 bits per heavy atom. The van der Waals surface area contributed by atoms with Gasteiger partial charge in [0.15, 0.2) is 11.7 Å². The van der Waals surface area contributed by atoms with Crippen molar-refractivity contribution in [2.24, 2.45) is 0 Å². The number of rotatable bonds is 7. The molecule has 0 aromatic heterocycles. The number of amides is 2. The molecule has 166 valence electrons. The molecule has 1 unspecified atom stereocenters. The number of hydrazine groups is 1. The van der Waals surface area contributed by atoms with Crippen LogP contribution in [0.4, 0.5) is 0 Å². The Kier molecular flexibility index (Phi) is 8.16. The lowest BCUT2D eigenvalue weighted by Crippen LogP contribution is -2.49. The molecule has 0 aliphatic rings. The van der Waals surface area contributed by atoms with Crippen LogP contribution >= 0.6 is 12.2 Å². The van der Waals surface area contributed by atoms with E-state index in [0.29, 0.717) is 11.7 Å². The van der Waals surface area contributed by atoms with Crippen molar-refractivity contribution in [3.05, 3.63) is 77.9 Å². The quantitative estimate of drug-likeness (QED) is 0.375. The second-order valence-electron chi connectivity index (χ2n) is 7.53. The average molecular weight is 450 g/mol. The summed E-state index contributed by atoms with van der Waals surface area (Å²) in [5, 5.41) is 4.68. The Morgan fingerprint density at radius 3 is 2.41 bits per heavy atom. The van der Waals surface area contributed by atoms with Gasteiger partial charge in [-0.3, -0.25) is 20.4 Å². The van der Waals surface area contributed by atoms with Crippen LogP contribution in [0, 0.1) is 0 Å². The summed E-state index contributed by atoms with van der Waals surface area (Å²) in [4.78, 5) is 24.3. The van der Waals surface area contributed by atoms with Gasteiger partial charge in [0.25, 0.3) is 5.91 Å². The van der Waals surface area contributed by atoms with Gasteiger partial charge in [0.1, 0.15) is 5.75 Å². The van der Waals surface area contributed by atoms with Gasteiger partial charge in [-0.25, -0.2) is 0 Å². The van der Waals surface area contributed by atoms with Crippen LogP contribution in [0.15, 0.2) is 66.7 Å².